The van der Waals surface area contributed by atoms with Crippen LogP contribution in [0, 0.1) is 0 Å². The molecule has 1 rings (SSSR count). The average molecular weight is 201 g/mol. The standard InChI is InChI=1S/C5H10BrN.ClH/c1-7-3-2-5(6)4-7;/h5H,2-4H2,1H3;1H. The van der Waals surface area contributed by atoms with Gasteiger partial charge in [-0.1, -0.05) is 15.9 Å². The van der Waals surface area contributed by atoms with Crippen LogP contribution in [0.3, 0.4) is 0 Å². The summed E-state index contributed by atoms with van der Waals surface area (Å²) in [6.45, 7) is 2.48. The number of hydrogen-bond donors (Lipinski definition) is 0. The van der Waals surface area contributed by atoms with Crippen molar-refractivity contribution in [2.24, 2.45) is 0 Å². The Hall–Kier alpha value is 0.730. The van der Waals surface area contributed by atoms with E-state index < -0.39 is 0 Å². The van der Waals surface area contributed by atoms with Crippen LogP contribution in [0.25, 0.3) is 0 Å². The van der Waals surface area contributed by atoms with Crippen LogP contribution < -0.4 is 0 Å². The number of alkyl halides is 1. The molecule has 0 spiro atoms. The van der Waals surface area contributed by atoms with Crippen molar-refractivity contribution in [1.29, 1.82) is 0 Å². The highest BCUT2D eigenvalue weighted by atomic mass is 79.9. The third-order valence-electron chi connectivity index (χ3n) is 1.33. The second kappa shape index (κ2) is 3.70. The third kappa shape index (κ3) is 2.33. The lowest BCUT2D eigenvalue weighted by atomic mass is 10.4. The summed E-state index contributed by atoms with van der Waals surface area (Å²) in [6, 6.07) is 0. The summed E-state index contributed by atoms with van der Waals surface area (Å²) in [7, 11) is 2.15. The smallest absolute Gasteiger partial charge is 0.0285 e. The maximum Gasteiger partial charge on any atom is 0.0285 e. The van der Waals surface area contributed by atoms with E-state index in [2.05, 4.69) is 27.9 Å². The van der Waals surface area contributed by atoms with Crippen LogP contribution in [-0.2, 0) is 0 Å². The van der Waals surface area contributed by atoms with Crippen LogP contribution in [0.5, 0.6) is 0 Å². The van der Waals surface area contributed by atoms with Crippen molar-refractivity contribution in [3.05, 3.63) is 0 Å². The second-order valence-corrected chi connectivity index (χ2v) is 3.44. The summed E-state index contributed by atoms with van der Waals surface area (Å²) >= 11 is 3.54. The van der Waals surface area contributed by atoms with Gasteiger partial charge in [-0.05, 0) is 20.0 Å². The topological polar surface area (TPSA) is 3.24 Å². The van der Waals surface area contributed by atoms with Gasteiger partial charge in [0.05, 0.1) is 0 Å². The van der Waals surface area contributed by atoms with Crippen LogP contribution in [0.4, 0.5) is 0 Å². The molecule has 1 aliphatic rings. The first-order valence-electron chi connectivity index (χ1n) is 2.61. The molecule has 1 saturated heterocycles. The molecular weight excluding hydrogens is 189 g/mol. The summed E-state index contributed by atoms with van der Waals surface area (Å²) < 4.78 is 0. The molecule has 0 aliphatic carbocycles. The average Bonchev–Trinajstić information content (AvgIpc) is 1.87. The Bertz CT molecular complexity index is 61.4. The Morgan fingerprint density at radius 1 is 1.62 bits per heavy atom. The maximum atomic E-state index is 3.54. The molecule has 3 heteroatoms. The normalized spacial score (nSPS) is 30.0. The minimum Gasteiger partial charge on any atom is -0.305 e. The summed E-state index contributed by atoms with van der Waals surface area (Å²) in [4.78, 5) is 3.09. The molecule has 0 saturated carbocycles. The molecule has 1 nitrogen and oxygen atoms in total. The van der Waals surface area contributed by atoms with E-state index in [4.69, 9.17) is 0 Å². The largest absolute Gasteiger partial charge is 0.305 e. The van der Waals surface area contributed by atoms with Crippen molar-refractivity contribution in [2.75, 3.05) is 20.1 Å². The molecule has 1 heterocycles. The van der Waals surface area contributed by atoms with E-state index in [0.29, 0.717) is 0 Å². The van der Waals surface area contributed by atoms with Crippen LogP contribution in [0.15, 0.2) is 0 Å². The van der Waals surface area contributed by atoms with Gasteiger partial charge >= 0.3 is 0 Å². The predicted molar refractivity (Wildman–Crippen MR) is 42.1 cm³/mol. The summed E-state index contributed by atoms with van der Waals surface area (Å²) in [5, 5.41) is 0. The zero-order chi connectivity index (χ0) is 5.28. The van der Waals surface area contributed by atoms with Gasteiger partial charge in [0.1, 0.15) is 0 Å². The van der Waals surface area contributed by atoms with E-state index in [1.165, 1.54) is 19.5 Å². The molecule has 1 atom stereocenters. The lowest BCUT2D eigenvalue weighted by Crippen LogP contribution is -2.13. The Morgan fingerprint density at radius 2 is 2.25 bits per heavy atom. The lowest BCUT2D eigenvalue weighted by Gasteiger charge is -2.02. The van der Waals surface area contributed by atoms with Crippen LogP contribution in [-0.4, -0.2) is 29.9 Å². The van der Waals surface area contributed by atoms with E-state index in [-0.39, 0.29) is 12.4 Å². The van der Waals surface area contributed by atoms with Gasteiger partial charge < -0.3 is 4.90 Å². The molecule has 0 amide bonds. The van der Waals surface area contributed by atoms with Crippen LogP contribution in [0.2, 0.25) is 0 Å². The first kappa shape index (κ1) is 8.73. The minimum absolute atomic E-state index is 0. The van der Waals surface area contributed by atoms with Crippen LogP contribution >= 0.6 is 28.3 Å². The van der Waals surface area contributed by atoms with Gasteiger partial charge in [0.15, 0.2) is 0 Å². The molecule has 0 radical (unpaired) electrons. The summed E-state index contributed by atoms with van der Waals surface area (Å²) in [6.07, 6.45) is 1.32. The Kier molecular flexibility index (Phi) is 4.04. The highest BCUT2D eigenvalue weighted by Gasteiger charge is 2.14. The maximum absolute atomic E-state index is 3.54. The molecular formula is C5H11BrClN. The third-order valence-corrected chi connectivity index (χ3v) is 2.08. The number of likely N-dealkylation sites (tertiary alicyclic amines) is 1. The molecule has 1 fully saturated rings. The highest BCUT2D eigenvalue weighted by Crippen LogP contribution is 2.13. The molecule has 0 aromatic heterocycles. The van der Waals surface area contributed by atoms with Gasteiger partial charge in [-0.15, -0.1) is 12.4 Å². The second-order valence-electron chi connectivity index (χ2n) is 2.15. The molecule has 0 aromatic carbocycles. The fourth-order valence-electron chi connectivity index (χ4n) is 0.881. The predicted octanol–water partition coefficient (Wildman–Crippen LogP) is 1.51. The van der Waals surface area contributed by atoms with E-state index in [0.717, 1.165) is 4.83 Å². The Morgan fingerprint density at radius 3 is 2.38 bits per heavy atom. The van der Waals surface area contributed by atoms with Gasteiger partial charge in [0, 0.05) is 11.4 Å². The molecule has 0 N–H and O–H groups in total. The van der Waals surface area contributed by atoms with Gasteiger partial charge in [-0.3, -0.25) is 0 Å². The molecule has 1 aliphatic heterocycles. The fourth-order valence-corrected chi connectivity index (χ4v) is 1.58. The number of hydrogen-bond acceptors (Lipinski definition) is 1. The monoisotopic (exact) mass is 199 g/mol. The van der Waals surface area contributed by atoms with E-state index in [1.54, 1.807) is 0 Å². The first-order valence-corrected chi connectivity index (χ1v) is 3.53. The number of halogens is 2. The van der Waals surface area contributed by atoms with Crippen molar-refractivity contribution >= 4 is 28.3 Å². The van der Waals surface area contributed by atoms with Crippen molar-refractivity contribution in [3.63, 3.8) is 0 Å². The van der Waals surface area contributed by atoms with Gasteiger partial charge in [0.25, 0.3) is 0 Å². The zero-order valence-corrected chi connectivity index (χ0v) is 7.33. The van der Waals surface area contributed by atoms with Gasteiger partial charge in [-0.25, -0.2) is 0 Å². The van der Waals surface area contributed by atoms with Crippen molar-refractivity contribution in [2.45, 2.75) is 11.2 Å². The highest BCUT2D eigenvalue weighted by molar-refractivity contribution is 9.09. The fraction of sp³-hybridized carbons (Fsp3) is 1.00. The van der Waals surface area contributed by atoms with E-state index in [9.17, 15) is 0 Å². The minimum atomic E-state index is 0. The molecule has 1 unspecified atom stereocenters. The summed E-state index contributed by atoms with van der Waals surface area (Å²) in [5.41, 5.74) is 0. The van der Waals surface area contributed by atoms with Crippen molar-refractivity contribution in [3.8, 4) is 0 Å². The Labute approximate surface area is 65.0 Å². The molecule has 0 aromatic rings. The Balaban J connectivity index is 0.000000490. The SMILES string of the molecule is CN1CCC(Br)C1.Cl. The number of rotatable bonds is 0. The van der Waals surface area contributed by atoms with E-state index in [1.807, 2.05) is 0 Å². The van der Waals surface area contributed by atoms with Crippen molar-refractivity contribution < 1.29 is 0 Å². The van der Waals surface area contributed by atoms with Crippen LogP contribution in [0.1, 0.15) is 6.42 Å². The van der Waals surface area contributed by atoms with Gasteiger partial charge in [-0.2, -0.15) is 0 Å². The number of nitrogens with zero attached hydrogens (tertiary/aromatic N) is 1. The molecule has 8 heavy (non-hydrogen) atoms. The van der Waals surface area contributed by atoms with E-state index >= 15 is 0 Å². The summed E-state index contributed by atoms with van der Waals surface area (Å²) in [5.74, 6) is 0. The molecule has 50 valence electrons. The van der Waals surface area contributed by atoms with Gasteiger partial charge in [0.2, 0.25) is 0 Å². The zero-order valence-electron chi connectivity index (χ0n) is 4.93. The van der Waals surface area contributed by atoms with Crippen molar-refractivity contribution in [1.82, 2.24) is 4.90 Å². The quantitative estimate of drug-likeness (QED) is 0.536. The molecule has 0 bridgehead atoms. The first-order chi connectivity index (χ1) is 3.29. The lowest BCUT2D eigenvalue weighted by molar-refractivity contribution is 0.419.